The SMILES string of the molecule is CCOC1CC(NCC(N)CC)C1(C)C. The van der Waals surface area contributed by atoms with Crippen LogP contribution in [-0.2, 0) is 4.74 Å². The van der Waals surface area contributed by atoms with Gasteiger partial charge < -0.3 is 15.8 Å². The lowest BCUT2D eigenvalue weighted by atomic mass is 9.64. The monoisotopic (exact) mass is 214 g/mol. The van der Waals surface area contributed by atoms with Gasteiger partial charge in [0.05, 0.1) is 6.10 Å². The highest BCUT2D eigenvalue weighted by Crippen LogP contribution is 2.42. The quantitative estimate of drug-likeness (QED) is 0.704. The van der Waals surface area contributed by atoms with Crippen molar-refractivity contribution in [1.82, 2.24) is 5.32 Å². The Labute approximate surface area is 93.8 Å². The second-order valence-corrected chi connectivity index (χ2v) is 5.13. The summed E-state index contributed by atoms with van der Waals surface area (Å²) in [4.78, 5) is 0. The third-order valence-electron chi connectivity index (χ3n) is 3.70. The van der Waals surface area contributed by atoms with Gasteiger partial charge in [-0.3, -0.25) is 0 Å². The van der Waals surface area contributed by atoms with Crippen molar-refractivity contribution in [2.24, 2.45) is 11.1 Å². The summed E-state index contributed by atoms with van der Waals surface area (Å²) in [6.07, 6.45) is 2.57. The van der Waals surface area contributed by atoms with E-state index < -0.39 is 0 Å². The van der Waals surface area contributed by atoms with Gasteiger partial charge in [-0.05, 0) is 19.8 Å². The van der Waals surface area contributed by atoms with Crippen LogP contribution in [0.2, 0.25) is 0 Å². The van der Waals surface area contributed by atoms with Crippen LogP contribution in [-0.4, -0.2) is 31.3 Å². The van der Waals surface area contributed by atoms with E-state index in [9.17, 15) is 0 Å². The summed E-state index contributed by atoms with van der Waals surface area (Å²) in [6, 6.07) is 0.846. The van der Waals surface area contributed by atoms with Crippen LogP contribution in [0.1, 0.15) is 40.5 Å². The number of hydrogen-bond donors (Lipinski definition) is 2. The van der Waals surface area contributed by atoms with E-state index in [1.807, 2.05) is 0 Å². The van der Waals surface area contributed by atoms with E-state index in [1.54, 1.807) is 0 Å². The number of nitrogens with one attached hydrogen (secondary N) is 1. The van der Waals surface area contributed by atoms with E-state index in [0.29, 0.717) is 12.1 Å². The van der Waals surface area contributed by atoms with Gasteiger partial charge in [0.15, 0.2) is 0 Å². The maximum absolute atomic E-state index is 5.89. The van der Waals surface area contributed by atoms with Crippen LogP contribution in [0.3, 0.4) is 0 Å². The summed E-state index contributed by atoms with van der Waals surface area (Å²) in [6.45, 7) is 10.5. The predicted molar refractivity (Wildman–Crippen MR) is 63.9 cm³/mol. The molecule has 0 aromatic heterocycles. The minimum Gasteiger partial charge on any atom is -0.378 e. The third-order valence-corrected chi connectivity index (χ3v) is 3.70. The van der Waals surface area contributed by atoms with Crippen LogP contribution in [0.15, 0.2) is 0 Å². The number of rotatable bonds is 6. The van der Waals surface area contributed by atoms with E-state index in [1.165, 1.54) is 0 Å². The normalized spacial score (nSPS) is 31.0. The van der Waals surface area contributed by atoms with Gasteiger partial charge in [-0.2, -0.15) is 0 Å². The molecule has 0 bridgehead atoms. The number of ether oxygens (including phenoxy) is 1. The molecule has 90 valence electrons. The van der Waals surface area contributed by atoms with E-state index in [0.717, 1.165) is 26.0 Å². The third kappa shape index (κ3) is 2.92. The van der Waals surface area contributed by atoms with Crippen molar-refractivity contribution in [2.45, 2.75) is 58.7 Å². The second-order valence-electron chi connectivity index (χ2n) is 5.13. The van der Waals surface area contributed by atoms with Gasteiger partial charge in [0.1, 0.15) is 0 Å². The molecule has 0 spiro atoms. The smallest absolute Gasteiger partial charge is 0.0655 e. The molecule has 1 aliphatic carbocycles. The molecule has 3 heteroatoms. The zero-order valence-corrected chi connectivity index (χ0v) is 10.5. The van der Waals surface area contributed by atoms with Crippen LogP contribution in [0.4, 0.5) is 0 Å². The molecular weight excluding hydrogens is 188 g/mol. The highest BCUT2D eigenvalue weighted by molar-refractivity contribution is 5.02. The number of nitrogens with two attached hydrogens (primary N) is 1. The van der Waals surface area contributed by atoms with Crippen molar-refractivity contribution in [3.05, 3.63) is 0 Å². The minimum atomic E-state index is 0.253. The minimum absolute atomic E-state index is 0.253. The maximum atomic E-state index is 5.89. The van der Waals surface area contributed by atoms with Crippen molar-refractivity contribution >= 4 is 0 Å². The second kappa shape index (κ2) is 5.28. The van der Waals surface area contributed by atoms with Gasteiger partial charge in [-0.1, -0.05) is 20.8 Å². The lowest BCUT2D eigenvalue weighted by Crippen LogP contribution is -2.62. The molecule has 1 saturated carbocycles. The molecule has 0 aliphatic heterocycles. The van der Waals surface area contributed by atoms with Gasteiger partial charge in [0, 0.05) is 30.7 Å². The fraction of sp³-hybridized carbons (Fsp3) is 1.00. The van der Waals surface area contributed by atoms with E-state index >= 15 is 0 Å². The molecule has 1 aliphatic rings. The molecule has 1 rings (SSSR count). The van der Waals surface area contributed by atoms with E-state index in [2.05, 4.69) is 33.0 Å². The zero-order chi connectivity index (χ0) is 11.5. The van der Waals surface area contributed by atoms with Crippen LogP contribution in [0, 0.1) is 5.41 Å². The topological polar surface area (TPSA) is 47.3 Å². The fourth-order valence-electron chi connectivity index (χ4n) is 2.15. The molecule has 0 aromatic carbocycles. The Balaban J connectivity index is 2.29. The summed E-state index contributed by atoms with van der Waals surface area (Å²) in [5, 5.41) is 3.54. The highest BCUT2D eigenvalue weighted by Gasteiger charge is 2.48. The van der Waals surface area contributed by atoms with Gasteiger partial charge in [0.2, 0.25) is 0 Å². The molecule has 0 radical (unpaired) electrons. The van der Waals surface area contributed by atoms with Crippen molar-refractivity contribution in [3.8, 4) is 0 Å². The molecule has 1 fully saturated rings. The summed E-state index contributed by atoms with van der Waals surface area (Å²) < 4.78 is 5.69. The summed E-state index contributed by atoms with van der Waals surface area (Å²) in [5.41, 5.74) is 6.14. The van der Waals surface area contributed by atoms with Gasteiger partial charge in [-0.15, -0.1) is 0 Å². The maximum Gasteiger partial charge on any atom is 0.0655 e. The molecule has 3 nitrogen and oxygen atoms in total. The zero-order valence-electron chi connectivity index (χ0n) is 10.5. The van der Waals surface area contributed by atoms with Crippen molar-refractivity contribution in [3.63, 3.8) is 0 Å². The van der Waals surface area contributed by atoms with E-state index in [4.69, 9.17) is 10.5 Å². The molecule has 3 N–H and O–H groups in total. The Kier molecular flexibility index (Phi) is 4.56. The number of hydrogen-bond acceptors (Lipinski definition) is 3. The first-order valence-electron chi connectivity index (χ1n) is 6.12. The Morgan fingerprint density at radius 3 is 2.60 bits per heavy atom. The molecule has 0 aromatic rings. The largest absolute Gasteiger partial charge is 0.378 e. The Bertz CT molecular complexity index is 194. The Morgan fingerprint density at radius 2 is 2.13 bits per heavy atom. The average molecular weight is 214 g/mol. The lowest BCUT2D eigenvalue weighted by Gasteiger charge is -2.52. The van der Waals surface area contributed by atoms with Crippen LogP contribution in [0.25, 0.3) is 0 Å². The van der Waals surface area contributed by atoms with Crippen molar-refractivity contribution in [1.29, 1.82) is 0 Å². The Hall–Kier alpha value is -0.120. The molecule has 3 unspecified atom stereocenters. The average Bonchev–Trinajstić information content (AvgIpc) is 2.21. The van der Waals surface area contributed by atoms with Crippen LogP contribution in [0.5, 0.6) is 0 Å². The fourth-order valence-corrected chi connectivity index (χ4v) is 2.15. The molecule has 3 atom stereocenters. The molecular formula is C12H26N2O. The Morgan fingerprint density at radius 1 is 1.47 bits per heavy atom. The standard InChI is InChI=1S/C12H26N2O/c1-5-9(13)8-14-10-7-11(15-6-2)12(10,3)4/h9-11,14H,5-8,13H2,1-4H3. The molecule has 15 heavy (non-hydrogen) atoms. The van der Waals surface area contributed by atoms with Crippen LogP contribution < -0.4 is 11.1 Å². The summed E-state index contributed by atoms with van der Waals surface area (Å²) in [5.74, 6) is 0. The highest BCUT2D eigenvalue weighted by atomic mass is 16.5. The van der Waals surface area contributed by atoms with Crippen molar-refractivity contribution in [2.75, 3.05) is 13.2 Å². The van der Waals surface area contributed by atoms with Crippen LogP contribution >= 0.6 is 0 Å². The van der Waals surface area contributed by atoms with Crippen molar-refractivity contribution < 1.29 is 4.74 Å². The molecule has 0 amide bonds. The lowest BCUT2D eigenvalue weighted by molar-refractivity contribution is -0.114. The van der Waals surface area contributed by atoms with Gasteiger partial charge in [-0.25, -0.2) is 0 Å². The molecule has 0 heterocycles. The predicted octanol–water partition coefficient (Wildman–Crippen LogP) is 1.52. The van der Waals surface area contributed by atoms with Gasteiger partial charge >= 0.3 is 0 Å². The summed E-state index contributed by atoms with van der Waals surface area (Å²) >= 11 is 0. The van der Waals surface area contributed by atoms with Gasteiger partial charge in [0.25, 0.3) is 0 Å². The first-order valence-corrected chi connectivity index (χ1v) is 6.12. The van der Waals surface area contributed by atoms with E-state index in [-0.39, 0.29) is 11.5 Å². The summed E-state index contributed by atoms with van der Waals surface area (Å²) in [7, 11) is 0. The first-order chi connectivity index (χ1) is 7.02. The first kappa shape index (κ1) is 12.9. The molecule has 0 saturated heterocycles.